The highest BCUT2D eigenvalue weighted by atomic mass is 19.2. The number of hydrogen-bond acceptors (Lipinski definition) is 4. The molecule has 122 valence electrons. The molecule has 0 radical (unpaired) electrons. The summed E-state index contributed by atoms with van der Waals surface area (Å²) in [5, 5.41) is 3.22. The first kappa shape index (κ1) is 15.8. The van der Waals surface area contributed by atoms with Gasteiger partial charge in [0.1, 0.15) is 11.3 Å². The quantitative estimate of drug-likeness (QED) is 0.731. The van der Waals surface area contributed by atoms with Gasteiger partial charge in [-0.2, -0.15) is 0 Å². The van der Waals surface area contributed by atoms with E-state index in [1.165, 1.54) is 31.4 Å². The van der Waals surface area contributed by atoms with Crippen LogP contribution in [0.25, 0.3) is 10.9 Å². The molecule has 1 aromatic heterocycles. The summed E-state index contributed by atoms with van der Waals surface area (Å²) >= 11 is 0. The number of halogens is 3. The fourth-order valence-electron chi connectivity index (χ4n) is 2.26. The predicted octanol–water partition coefficient (Wildman–Crippen LogP) is 4.18. The molecule has 1 heterocycles. The van der Waals surface area contributed by atoms with Gasteiger partial charge < -0.3 is 10.1 Å². The summed E-state index contributed by atoms with van der Waals surface area (Å²) in [5.41, 5.74) is 0.401. The van der Waals surface area contributed by atoms with Crippen molar-refractivity contribution >= 4 is 28.2 Å². The van der Waals surface area contributed by atoms with Crippen molar-refractivity contribution in [2.45, 2.75) is 0 Å². The van der Waals surface area contributed by atoms with Gasteiger partial charge in [-0.05, 0) is 24.3 Å². The fraction of sp³-hybridized carbons (Fsp3) is 0.0588. The first-order valence-electron chi connectivity index (χ1n) is 6.89. The molecular formula is C17H11F3N2O2. The second-order valence-electron chi connectivity index (χ2n) is 4.94. The lowest BCUT2D eigenvalue weighted by Crippen LogP contribution is -2.06. The van der Waals surface area contributed by atoms with Crippen LogP contribution < -0.4 is 5.32 Å². The molecule has 3 rings (SSSR count). The number of rotatable bonds is 3. The third-order valence-electron chi connectivity index (χ3n) is 3.38. The topological polar surface area (TPSA) is 51.2 Å². The van der Waals surface area contributed by atoms with Gasteiger partial charge in [-0.1, -0.05) is 12.1 Å². The predicted molar refractivity (Wildman–Crippen MR) is 82.7 cm³/mol. The minimum Gasteiger partial charge on any atom is -0.464 e. The Kier molecular flexibility index (Phi) is 4.07. The van der Waals surface area contributed by atoms with Crippen LogP contribution in [0.15, 0.2) is 42.5 Å². The molecule has 1 N–H and O–H groups in total. The van der Waals surface area contributed by atoms with E-state index in [2.05, 4.69) is 15.0 Å². The number of ether oxygens (including phenoxy) is 1. The number of aromatic nitrogens is 1. The summed E-state index contributed by atoms with van der Waals surface area (Å²) in [6, 6.07) is 8.87. The van der Waals surface area contributed by atoms with E-state index in [1.807, 2.05) is 0 Å². The van der Waals surface area contributed by atoms with Crippen molar-refractivity contribution in [3.63, 3.8) is 0 Å². The van der Waals surface area contributed by atoms with E-state index in [-0.39, 0.29) is 16.9 Å². The molecule has 3 aromatic rings. The van der Waals surface area contributed by atoms with Gasteiger partial charge >= 0.3 is 5.97 Å². The Morgan fingerprint density at radius 3 is 2.54 bits per heavy atom. The van der Waals surface area contributed by atoms with E-state index in [1.54, 1.807) is 6.07 Å². The molecule has 0 amide bonds. The number of pyridine rings is 1. The summed E-state index contributed by atoms with van der Waals surface area (Å²) in [4.78, 5) is 15.7. The summed E-state index contributed by atoms with van der Waals surface area (Å²) in [5.74, 6) is -3.38. The van der Waals surface area contributed by atoms with Crippen molar-refractivity contribution < 1.29 is 22.7 Å². The van der Waals surface area contributed by atoms with Gasteiger partial charge in [-0.25, -0.2) is 22.9 Å². The van der Waals surface area contributed by atoms with E-state index >= 15 is 0 Å². The van der Waals surface area contributed by atoms with Gasteiger partial charge in [-0.3, -0.25) is 0 Å². The van der Waals surface area contributed by atoms with Gasteiger partial charge in [0.2, 0.25) is 0 Å². The molecule has 0 aliphatic heterocycles. The molecule has 0 spiro atoms. The number of nitrogens with zero attached hydrogens (tertiary/aromatic N) is 1. The van der Waals surface area contributed by atoms with Crippen LogP contribution in [0, 0.1) is 17.5 Å². The number of para-hydroxylation sites is 1. The number of methoxy groups -OCH3 is 1. The lowest BCUT2D eigenvalue weighted by atomic mass is 10.1. The first-order valence-corrected chi connectivity index (χ1v) is 6.89. The van der Waals surface area contributed by atoms with Crippen molar-refractivity contribution in [2.75, 3.05) is 12.4 Å². The first-order chi connectivity index (χ1) is 11.5. The average molecular weight is 332 g/mol. The Labute approximate surface area is 134 Å². The number of carbonyl (C=O) groups excluding carboxylic acids is 1. The standard InChI is InChI=1S/C17H11F3N2O2/c1-24-17(23)15-8-14(10-3-2-4-12(19)16(10)22-15)21-9-5-6-11(18)13(20)7-9/h2-8H,1H3,(H,21,22). The van der Waals surface area contributed by atoms with E-state index in [9.17, 15) is 18.0 Å². The second-order valence-corrected chi connectivity index (χ2v) is 4.94. The maximum atomic E-state index is 14.0. The van der Waals surface area contributed by atoms with Crippen LogP contribution in [0.4, 0.5) is 24.5 Å². The molecule has 7 heteroatoms. The highest BCUT2D eigenvalue weighted by Gasteiger charge is 2.15. The lowest BCUT2D eigenvalue weighted by Gasteiger charge is -2.12. The summed E-state index contributed by atoms with van der Waals surface area (Å²) in [6.45, 7) is 0. The summed E-state index contributed by atoms with van der Waals surface area (Å²) in [6.07, 6.45) is 0. The maximum absolute atomic E-state index is 14.0. The van der Waals surface area contributed by atoms with Crippen molar-refractivity contribution in [1.29, 1.82) is 0 Å². The van der Waals surface area contributed by atoms with Crippen LogP contribution in [0.2, 0.25) is 0 Å². The smallest absolute Gasteiger partial charge is 0.356 e. The SMILES string of the molecule is COC(=O)c1cc(Nc2ccc(F)c(F)c2)c2cccc(F)c2n1. The van der Waals surface area contributed by atoms with Gasteiger partial charge in [0.15, 0.2) is 17.3 Å². The molecule has 0 bridgehead atoms. The fourth-order valence-corrected chi connectivity index (χ4v) is 2.26. The van der Waals surface area contributed by atoms with Crippen molar-refractivity contribution in [1.82, 2.24) is 4.98 Å². The number of benzene rings is 2. The minimum atomic E-state index is -1.03. The Hall–Kier alpha value is -3.09. The summed E-state index contributed by atoms with van der Waals surface area (Å²) < 4.78 is 45.0. The molecule has 0 aliphatic carbocycles. The molecule has 24 heavy (non-hydrogen) atoms. The van der Waals surface area contributed by atoms with Crippen LogP contribution in [0.1, 0.15) is 10.5 Å². The zero-order valence-electron chi connectivity index (χ0n) is 12.4. The van der Waals surface area contributed by atoms with Gasteiger partial charge in [0.25, 0.3) is 0 Å². The van der Waals surface area contributed by atoms with Crippen molar-refractivity contribution in [3.05, 3.63) is 65.6 Å². The normalized spacial score (nSPS) is 10.7. The summed E-state index contributed by atoms with van der Waals surface area (Å²) in [7, 11) is 1.18. The largest absolute Gasteiger partial charge is 0.464 e. The lowest BCUT2D eigenvalue weighted by molar-refractivity contribution is 0.0594. The van der Waals surface area contributed by atoms with E-state index in [0.29, 0.717) is 11.1 Å². The van der Waals surface area contributed by atoms with E-state index in [0.717, 1.165) is 12.1 Å². The van der Waals surface area contributed by atoms with Crippen molar-refractivity contribution in [2.24, 2.45) is 0 Å². The van der Waals surface area contributed by atoms with E-state index in [4.69, 9.17) is 0 Å². The monoisotopic (exact) mass is 332 g/mol. The van der Waals surface area contributed by atoms with Crippen molar-refractivity contribution in [3.8, 4) is 0 Å². The third kappa shape index (κ3) is 2.88. The molecule has 4 nitrogen and oxygen atoms in total. The third-order valence-corrected chi connectivity index (χ3v) is 3.38. The van der Waals surface area contributed by atoms with Crippen LogP contribution in [-0.2, 0) is 4.74 Å². The van der Waals surface area contributed by atoms with Crippen LogP contribution >= 0.6 is 0 Å². The van der Waals surface area contributed by atoms with Crippen LogP contribution in [0.3, 0.4) is 0 Å². The number of nitrogens with one attached hydrogen (secondary N) is 1. The molecule has 0 unspecified atom stereocenters. The Balaban J connectivity index is 2.16. The Morgan fingerprint density at radius 1 is 1.04 bits per heavy atom. The number of fused-ring (bicyclic) bond motifs is 1. The number of esters is 1. The highest BCUT2D eigenvalue weighted by Crippen LogP contribution is 2.28. The molecule has 0 fully saturated rings. The van der Waals surface area contributed by atoms with Crippen LogP contribution in [-0.4, -0.2) is 18.1 Å². The van der Waals surface area contributed by atoms with Gasteiger partial charge in [0, 0.05) is 17.1 Å². The van der Waals surface area contributed by atoms with E-state index < -0.39 is 23.4 Å². The average Bonchev–Trinajstić information content (AvgIpc) is 2.58. The zero-order valence-corrected chi connectivity index (χ0v) is 12.4. The Morgan fingerprint density at radius 2 is 1.83 bits per heavy atom. The Bertz CT molecular complexity index is 945. The van der Waals surface area contributed by atoms with Gasteiger partial charge in [-0.15, -0.1) is 0 Å². The number of hydrogen-bond donors (Lipinski definition) is 1. The zero-order chi connectivity index (χ0) is 17.3. The molecule has 2 aromatic carbocycles. The number of anilines is 2. The van der Waals surface area contributed by atoms with Crippen LogP contribution in [0.5, 0.6) is 0 Å². The molecule has 0 saturated heterocycles. The highest BCUT2D eigenvalue weighted by molar-refractivity contribution is 5.98. The number of carbonyl (C=O) groups is 1. The minimum absolute atomic E-state index is 0.0366. The van der Waals surface area contributed by atoms with Gasteiger partial charge in [0.05, 0.1) is 12.8 Å². The molecule has 0 atom stereocenters. The molecular weight excluding hydrogens is 321 g/mol. The molecule has 0 aliphatic rings. The second kappa shape index (κ2) is 6.19. The molecule has 0 saturated carbocycles. The maximum Gasteiger partial charge on any atom is 0.356 e.